The van der Waals surface area contributed by atoms with Crippen molar-refractivity contribution in [2.24, 2.45) is 0 Å². The Labute approximate surface area is 95.4 Å². The van der Waals surface area contributed by atoms with Gasteiger partial charge in [-0.1, -0.05) is 0 Å². The van der Waals surface area contributed by atoms with Crippen molar-refractivity contribution < 1.29 is 4.79 Å². The van der Waals surface area contributed by atoms with Gasteiger partial charge in [-0.3, -0.25) is 9.48 Å². The SMILES string of the molecule is C[C@H]1CNCCN1C(=O)CCn1cccn1. The van der Waals surface area contributed by atoms with Crippen LogP contribution in [-0.4, -0.2) is 46.3 Å². The highest BCUT2D eigenvalue weighted by molar-refractivity contribution is 5.76. The molecule has 0 spiro atoms. The van der Waals surface area contributed by atoms with Gasteiger partial charge in [0.1, 0.15) is 0 Å². The van der Waals surface area contributed by atoms with E-state index in [1.807, 2.05) is 17.2 Å². The molecule has 5 nitrogen and oxygen atoms in total. The zero-order chi connectivity index (χ0) is 11.4. The Hall–Kier alpha value is -1.36. The molecule has 1 aromatic rings. The van der Waals surface area contributed by atoms with Gasteiger partial charge < -0.3 is 10.2 Å². The number of carbonyl (C=O) groups is 1. The molecule has 1 aromatic heterocycles. The number of rotatable bonds is 3. The second-order valence-electron chi connectivity index (χ2n) is 4.16. The van der Waals surface area contributed by atoms with Gasteiger partial charge in [0, 0.05) is 51.0 Å². The number of nitrogens with zero attached hydrogens (tertiary/aromatic N) is 3. The van der Waals surface area contributed by atoms with Gasteiger partial charge in [-0.25, -0.2) is 0 Å². The summed E-state index contributed by atoms with van der Waals surface area (Å²) in [5, 5.41) is 7.36. The molecule has 1 N–H and O–H groups in total. The lowest BCUT2D eigenvalue weighted by Crippen LogP contribution is -2.52. The maximum atomic E-state index is 12.0. The predicted octanol–water partition coefficient (Wildman–Crippen LogP) is 0.0935. The van der Waals surface area contributed by atoms with E-state index in [1.165, 1.54) is 0 Å². The van der Waals surface area contributed by atoms with Crippen molar-refractivity contribution in [3.05, 3.63) is 18.5 Å². The van der Waals surface area contributed by atoms with Crippen LogP contribution in [-0.2, 0) is 11.3 Å². The van der Waals surface area contributed by atoms with Crippen LogP contribution in [0.2, 0.25) is 0 Å². The molecule has 1 atom stereocenters. The summed E-state index contributed by atoms with van der Waals surface area (Å²) in [5.41, 5.74) is 0. The largest absolute Gasteiger partial charge is 0.337 e. The van der Waals surface area contributed by atoms with Gasteiger partial charge in [0.15, 0.2) is 0 Å². The van der Waals surface area contributed by atoms with Gasteiger partial charge in [-0.05, 0) is 13.0 Å². The van der Waals surface area contributed by atoms with Crippen LogP contribution in [0, 0.1) is 0 Å². The maximum Gasteiger partial charge on any atom is 0.224 e. The first kappa shape index (κ1) is 11.1. The highest BCUT2D eigenvalue weighted by Gasteiger charge is 2.22. The average molecular weight is 222 g/mol. The van der Waals surface area contributed by atoms with E-state index < -0.39 is 0 Å². The van der Waals surface area contributed by atoms with Crippen molar-refractivity contribution in [1.29, 1.82) is 0 Å². The van der Waals surface area contributed by atoms with Crippen LogP contribution in [0.15, 0.2) is 18.5 Å². The normalized spacial score (nSPS) is 21.1. The van der Waals surface area contributed by atoms with E-state index in [1.54, 1.807) is 10.9 Å². The standard InChI is InChI=1S/C11H18N4O/c1-10-9-12-5-8-15(10)11(16)3-7-14-6-2-4-13-14/h2,4,6,10,12H,3,5,7-9H2,1H3/t10-/m0/s1. The molecule has 0 unspecified atom stereocenters. The Morgan fingerprint density at radius 1 is 1.62 bits per heavy atom. The quantitative estimate of drug-likeness (QED) is 0.788. The molecule has 0 aromatic carbocycles. The third kappa shape index (κ3) is 2.61. The number of amides is 1. The molecule has 5 heteroatoms. The summed E-state index contributed by atoms with van der Waals surface area (Å²) in [6.45, 7) is 5.37. The number of hydrogen-bond donors (Lipinski definition) is 1. The molecular formula is C11H18N4O. The summed E-state index contributed by atoms with van der Waals surface area (Å²) in [5.74, 6) is 0.226. The van der Waals surface area contributed by atoms with Crippen LogP contribution in [0.25, 0.3) is 0 Å². The van der Waals surface area contributed by atoms with E-state index >= 15 is 0 Å². The monoisotopic (exact) mass is 222 g/mol. The second-order valence-corrected chi connectivity index (χ2v) is 4.16. The van der Waals surface area contributed by atoms with Gasteiger partial charge in [0.2, 0.25) is 5.91 Å². The van der Waals surface area contributed by atoms with E-state index in [-0.39, 0.29) is 5.91 Å². The minimum Gasteiger partial charge on any atom is -0.337 e. The molecule has 2 heterocycles. The Morgan fingerprint density at radius 2 is 2.50 bits per heavy atom. The summed E-state index contributed by atoms with van der Waals surface area (Å²) in [6, 6.07) is 2.18. The highest BCUT2D eigenvalue weighted by Crippen LogP contribution is 2.05. The number of carbonyl (C=O) groups excluding carboxylic acids is 1. The highest BCUT2D eigenvalue weighted by atomic mass is 16.2. The van der Waals surface area contributed by atoms with E-state index in [4.69, 9.17) is 0 Å². The smallest absolute Gasteiger partial charge is 0.224 e. The molecule has 1 fully saturated rings. The summed E-state index contributed by atoms with van der Waals surface area (Å²) in [4.78, 5) is 13.9. The summed E-state index contributed by atoms with van der Waals surface area (Å²) in [7, 11) is 0. The molecule has 1 saturated heterocycles. The van der Waals surface area contributed by atoms with Crippen molar-refractivity contribution in [2.75, 3.05) is 19.6 Å². The topological polar surface area (TPSA) is 50.2 Å². The summed E-state index contributed by atoms with van der Waals surface area (Å²) in [6.07, 6.45) is 4.15. The zero-order valence-corrected chi connectivity index (χ0v) is 9.59. The third-order valence-electron chi connectivity index (χ3n) is 2.94. The number of hydrogen-bond acceptors (Lipinski definition) is 3. The van der Waals surface area contributed by atoms with Crippen LogP contribution >= 0.6 is 0 Å². The van der Waals surface area contributed by atoms with Crippen molar-refractivity contribution in [2.45, 2.75) is 25.9 Å². The first-order valence-corrected chi connectivity index (χ1v) is 5.75. The van der Waals surface area contributed by atoms with E-state index in [2.05, 4.69) is 17.3 Å². The third-order valence-corrected chi connectivity index (χ3v) is 2.94. The lowest BCUT2D eigenvalue weighted by Gasteiger charge is -2.34. The lowest BCUT2D eigenvalue weighted by atomic mass is 10.2. The van der Waals surface area contributed by atoms with Crippen LogP contribution in [0.1, 0.15) is 13.3 Å². The predicted molar refractivity (Wildman–Crippen MR) is 60.9 cm³/mol. The van der Waals surface area contributed by atoms with Gasteiger partial charge in [0.05, 0.1) is 0 Å². The Bertz CT molecular complexity index is 336. The van der Waals surface area contributed by atoms with Crippen LogP contribution in [0.5, 0.6) is 0 Å². The van der Waals surface area contributed by atoms with E-state index in [9.17, 15) is 4.79 Å². The first-order chi connectivity index (χ1) is 7.77. The molecule has 88 valence electrons. The summed E-state index contributed by atoms with van der Waals surface area (Å²) < 4.78 is 1.80. The van der Waals surface area contributed by atoms with Crippen molar-refractivity contribution in [3.8, 4) is 0 Å². The molecular weight excluding hydrogens is 204 g/mol. The summed E-state index contributed by atoms with van der Waals surface area (Å²) >= 11 is 0. The van der Waals surface area contributed by atoms with Crippen molar-refractivity contribution in [1.82, 2.24) is 20.0 Å². The Morgan fingerprint density at radius 3 is 3.19 bits per heavy atom. The van der Waals surface area contributed by atoms with E-state index in [0.29, 0.717) is 19.0 Å². The van der Waals surface area contributed by atoms with Crippen molar-refractivity contribution >= 4 is 5.91 Å². The first-order valence-electron chi connectivity index (χ1n) is 5.75. The number of aryl methyl sites for hydroxylation is 1. The van der Waals surface area contributed by atoms with Gasteiger partial charge >= 0.3 is 0 Å². The molecule has 0 aliphatic carbocycles. The number of aromatic nitrogens is 2. The van der Waals surface area contributed by atoms with Crippen molar-refractivity contribution in [3.63, 3.8) is 0 Å². The molecule has 0 saturated carbocycles. The number of piperazine rings is 1. The van der Waals surface area contributed by atoms with Crippen LogP contribution < -0.4 is 5.32 Å². The molecule has 1 aliphatic rings. The fourth-order valence-corrected chi connectivity index (χ4v) is 2.00. The van der Waals surface area contributed by atoms with Gasteiger partial charge in [0.25, 0.3) is 0 Å². The Kier molecular flexibility index (Phi) is 3.56. The molecule has 1 aliphatic heterocycles. The van der Waals surface area contributed by atoms with Gasteiger partial charge in [-0.2, -0.15) is 5.10 Å². The van der Waals surface area contributed by atoms with Gasteiger partial charge in [-0.15, -0.1) is 0 Å². The zero-order valence-electron chi connectivity index (χ0n) is 9.59. The fraction of sp³-hybridized carbons (Fsp3) is 0.636. The minimum atomic E-state index is 0.226. The molecule has 1 amide bonds. The lowest BCUT2D eigenvalue weighted by molar-refractivity contribution is -0.134. The maximum absolute atomic E-state index is 12.0. The van der Waals surface area contributed by atoms with E-state index in [0.717, 1.165) is 19.6 Å². The molecule has 0 radical (unpaired) electrons. The molecule has 2 rings (SSSR count). The van der Waals surface area contributed by atoms with Crippen LogP contribution in [0.4, 0.5) is 0 Å². The Balaban J connectivity index is 1.83. The molecule has 16 heavy (non-hydrogen) atoms. The minimum absolute atomic E-state index is 0.226. The molecule has 0 bridgehead atoms. The number of nitrogens with one attached hydrogen (secondary N) is 1. The average Bonchev–Trinajstić information content (AvgIpc) is 2.79. The van der Waals surface area contributed by atoms with Crippen LogP contribution in [0.3, 0.4) is 0 Å². The fourth-order valence-electron chi connectivity index (χ4n) is 2.00. The second kappa shape index (κ2) is 5.12.